The van der Waals surface area contributed by atoms with E-state index in [0.29, 0.717) is 10.6 Å². The van der Waals surface area contributed by atoms with E-state index in [0.717, 1.165) is 6.20 Å². The number of anilines is 1. The van der Waals surface area contributed by atoms with E-state index >= 15 is 0 Å². The number of pyridine rings is 1. The third-order valence-electron chi connectivity index (χ3n) is 5.30. The number of alkyl halides is 5. The molecule has 5 nitrogen and oxygen atoms in total. The van der Waals surface area contributed by atoms with Crippen LogP contribution < -0.4 is 10.9 Å². The molecule has 0 saturated heterocycles. The largest absolute Gasteiger partial charge is 0.397 e. The second kappa shape index (κ2) is 9.52. The van der Waals surface area contributed by atoms with Gasteiger partial charge in [-0.05, 0) is 17.6 Å². The Balaban J connectivity index is 2.02. The van der Waals surface area contributed by atoms with Gasteiger partial charge in [0.25, 0.3) is 12.0 Å². The third-order valence-corrected chi connectivity index (χ3v) is 5.30. The van der Waals surface area contributed by atoms with Gasteiger partial charge < -0.3 is 9.88 Å². The highest BCUT2D eigenvalue weighted by molar-refractivity contribution is 5.95. The van der Waals surface area contributed by atoms with Gasteiger partial charge in [0.05, 0.1) is 36.1 Å². The number of amides is 1. The van der Waals surface area contributed by atoms with E-state index in [-0.39, 0.29) is 16.8 Å². The van der Waals surface area contributed by atoms with Gasteiger partial charge >= 0.3 is 6.18 Å². The van der Waals surface area contributed by atoms with Gasteiger partial charge in [0.1, 0.15) is 0 Å². The number of hydrogen-bond donors (Lipinski definition) is 1. The van der Waals surface area contributed by atoms with Crippen LogP contribution in [0.25, 0.3) is 0 Å². The molecule has 3 rings (SSSR count). The molecule has 1 aromatic heterocycles. The van der Waals surface area contributed by atoms with Gasteiger partial charge in [-0.25, -0.2) is 13.2 Å². The van der Waals surface area contributed by atoms with Crippen molar-refractivity contribution in [1.29, 1.82) is 5.26 Å². The fourth-order valence-corrected chi connectivity index (χ4v) is 3.93. The summed E-state index contributed by atoms with van der Waals surface area (Å²) in [7, 11) is 0. The fourth-order valence-electron chi connectivity index (χ4n) is 3.93. The van der Waals surface area contributed by atoms with Crippen LogP contribution in [0.4, 0.5) is 32.0 Å². The van der Waals surface area contributed by atoms with E-state index in [1.54, 1.807) is 12.1 Å². The summed E-state index contributed by atoms with van der Waals surface area (Å²) in [4.78, 5) is 24.7. The molecule has 3 unspecified atom stereocenters. The molecule has 1 N–H and O–H groups in total. The Bertz CT molecular complexity index is 1150. The molecule has 1 amide bonds. The Morgan fingerprint density at radius 2 is 1.82 bits per heavy atom. The molecule has 0 aliphatic heterocycles. The maximum Gasteiger partial charge on any atom is 0.397 e. The molecule has 174 valence electrons. The molecule has 2 aliphatic carbocycles. The Labute approximate surface area is 184 Å². The monoisotopic (exact) mass is 469 g/mol. The summed E-state index contributed by atoms with van der Waals surface area (Å²) in [5.74, 6) is -7.14. The zero-order chi connectivity index (χ0) is 24.3. The number of halogens is 6. The van der Waals surface area contributed by atoms with Crippen molar-refractivity contribution >= 4 is 11.6 Å². The van der Waals surface area contributed by atoms with Gasteiger partial charge in [0.15, 0.2) is 5.82 Å². The first-order valence-corrected chi connectivity index (χ1v) is 9.73. The van der Waals surface area contributed by atoms with Crippen molar-refractivity contribution < 1.29 is 31.1 Å². The van der Waals surface area contributed by atoms with Crippen molar-refractivity contribution in [2.24, 2.45) is 17.8 Å². The number of hydrogen-bond acceptors (Lipinski definition) is 3. The number of nitriles is 1. The van der Waals surface area contributed by atoms with Gasteiger partial charge in [-0.2, -0.15) is 18.4 Å². The number of rotatable bonds is 4. The first kappa shape index (κ1) is 24.1. The standard InChI is InChI=1S/C22H17F6N3O2/c23-17-8-13(10-31(21(17)33)11-18(24)25)30-20(32)16-7-12(9-29)19(22(26,27)28)15-6-4-2-1-3-5-14(15)16/h1-6,8,10,12,16,18-19H,7,11H2,(H,30,32)/b2-1-,3-1?,4-2?,5-3-,6-4-,14-5?,15-6?. The van der Waals surface area contributed by atoms with Crippen LogP contribution in [0.5, 0.6) is 0 Å². The lowest BCUT2D eigenvalue weighted by Gasteiger charge is -2.36. The van der Waals surface area contributed by atoms with E-state index in [4.69, 9.17) is 0 Å². The highest BCUT2D eigenvalue weighted by Gasteiger charge is 2.51. The van der Waals surface area contributed by atoms with Crippen molar-refractivity contribution in [3.05, 3.63) is 76.0 Å². The van der Waals surface area contributed by atoms with Crippen molar-refractivity contribution in [3.8, 4) is 6.07 Å². The van der Waals surface area contributed by atoms with Gasteiger partial charge in [0.2, 0.25) is 5.91 Å². The number of carbonyl (C=O) groups excluding carboxylic acids is 1. The predicted molar refractivity (Wildman–Crippen MR) is 106 cm³/mol. The molecule has 33 heavy (non-hydrogen) atoms. The number of carbonyl (C=O) groups is 1. The van der Waals surface area contributed by atoms with E-state index in [9.17, 15) is 41.2 Å². The van der Waals surface area contributed by atoms with Crippen LogP contribution in [-0.4, -0.2) is 23.1 Å². The number of allylic oxidation sites excluding steroid dienone is 7. The molecular formula is C22H17F6N3O2. The molecule has 2 aliphatic rings. The summed E-state index contributed by atoms with van der Waals surface area (Å²) in [5.41, 5.74) is -1.84. The summed E-state index contributed by atoms with van der Waals surface area (Å²) in [6.07, 6.45) is 1.04. The molecular weight excluding hydrogens is 452 g/mol. The number of nitrogens with zero attached hydrogens (tertiary/aromatic N) is 2. The molecule has 3 atom stereocenters. The molecule has 0 radical (unpaired) electrons. The minimum atomic E-state index is -4.74. The van der Waals surface area contributed by atoms with Crippen LogP contribution in [0.3, 0.4) is 0 Å². The second-order valence-corrected chi connectivity index (χ2v) is 7.47. The number of aromatic nitrogens is 1. The summed E-state index contributed by atoms with van der Waals surface area (Å²) in [5, 5.41) is 11.7. The van der Waals surface area contributed by atoms with E-state index in [1.807, 2.05) is 0 Å². The van der Waals surface area contributed by atoms with Crippen molar-refractivity contribution in [3.63, 3.8) is 0 Å². The summed E-state index contributed by atoms with van der Waals surface area (Å²) >= 11 is 0. The maximum atomic E-state index is 13.9. The fraction of sp³-hybridized carbons (Fsp3) is 0.318. The van der Waals surface area contributed by atoms with Crippen molar-refractivity contribution in [2.45, 2.75) is 25.6 Å². The summed E-state index contributed by atoms with van der Waals surface area (Å²) in [6.45, 7) is -1.11. The lowest BCUT2D eigenvalue weighted by Crippen LogP contribution is -2.40. The smallest absolute Gasteiger partial charge is 0.324 e. The van der Waals surface area contributed by atoms with Crippen LogP contribution in [-0.2, 0) is 11.3 Å². The van der Waals surface area contributed by atoms with Gasteiger partial charge in [-0.1, -0.05) is 36.5 Å². The average molecular weight is 469 g/mol. The third kappa shape index (κ3) is 5.27. The van der Waals surface area contributed by atoms with Crippen LogP contribution in [0.2, 0.25) is 0 Å². The Hall–Kier alpha value is -3.55. The molecule has 0 spiro atoms. The first-order valence-electron chi connectivity index (χ1n) is 9.73. The zero-order valence-electron chi connectivity index (χ0n) is 16.8. The van der Waals surface area contributed by atoms with Gasteiger partial charge in [0, 0.05) is 12.3 Å². The van der Waals surface area contributed by atoms with Crippen LogP contribution in [0, 0.1) is 34.9 Å². The summed E-state index contributed by atoms with van der Waals surface area (Å²) < 4.78 is 81.0. The van der Waals surface area contributed by atoms with E-state index < -0.39 is 60.6 Å². The van der Waals surface area contributed by atoms with Gasteiger partial charge in [-0.3, -0.25) is 9.59 Å². The molecule has 0 aromatic carbocycles. The first-order chi connectivity index (χ1) is 15.5. The van der Waals surface area contributed by atoms with Crippen molar-refractivity contribution in [2.75, 3.05) is 5.32 Å². The van der Waals surface area contributed by atoms with Crippen LogP contribution in [0.1, 0.15) is 6.42 Å². The lowest BCUT2D eigenvalue weighted by atomic mass is 9.69. The normalized spacial score (nSPS) is 25.5. The number of nitrogens with one attached hydrogen (secondary N) is 1. The molecule has 0 saturated carbocycles. The molecule has 1 heterocycles. The Morgan fingerprint density at radius 3 is 2.39 bits per heavy atom. The van der Waals surface area contributed by atoms with Crippen molar-refractivity contribution in [1.82, 2.24) is 4.57 Å². The Kier molecular flexibility index (Phi) is 6.95. The predicted octanol–water partition coefficient (Wildman–Crippen LogP) is 4.51. The maximum absolute atomic E-state index is 13.9. The second-order valence-electron chi connectivity index (χ2n) is 7.47. The highest BCUT2D eigenvalue weighted by Crippen LogP contribution is 2.47. The Morgan fingerprint density at radius 1 is 1.18 bits per heavy atom. The van der Waals surface area contributed by atoms with E-state index in [1.165, 1.54) is 30.4 Å². The van der Waals surface area contributed by atoms with Crippen LogP contribution in [0.15, 0.2) is 64.7 Å². The summed E-state index contributed by atoms with van der Waals surface area (Å²) in [6, 6.07) is 2.26. The van der Waals surface area contributed by atoms with Crippen LogP contribution >= 0.6 is 0 Å². The molecule has 0 bridgehead atoms. The molecule has 1 aromatic rings. The quantitative estimate of drug-likeness (QED) is 0.660. The zero-order valence-corrected chi connectivity index (χ0v) is 16.8. The average Bonchev–Trinajstić information content (AvgIpc) is 2.69. The molecule has 11 heteroatoms. The SMILES string of the molecule is N#CC1CC(C(=O)Nc2cc(F)c(=O)n(CC(F)F)c2)C2=C(\C=C/C=C\C=C/2)C1C(F)(F)F. The minimum absolute atomic E-state index is 0.0308. The molecule has 0 fully saturated rings. The minimum Gasteiger partial charge on any atom is -0.324 e. The lowest BCUT2D eigenvalue weighted by molar-refractivity contribution is -0.175. The van der Waals surface area contributed by atoms with E-state index in [2.05, 4.69) is 5.32 Å². The van der Waals surface area contributed by atoms with Gasteiger partial charge in [-0.15, -0.1) is 0 Å². The topological polar surface area (TPSA) is 74.9 Å². The highest BCUT2D eigenvalue weighted by atomic mass is 19.4.